The molecule has 0 amide bonds. The first-order valence-corrected chi connectivity index (χ1v) is 6.39. The third-order valence-electron chi connectivity index (χ3n) is 1.95. The minimum absolute atomic E-state index is 0.116. The largest absolute Gasteiger partial charge is 0.468 e. The molecule has 7 heteroatoms. The summed E-state index contributed by atoms with van der Waals surface area (Å²) in [7, 11) is -2.63. The third kappa shape index (κ3) is 4.41. The second-order valence-corrected chi connectivity index (χ2v) is 5.01. The maximum atomic E-state index is 11.5. The SMILES string of the molecule is COC(=O)CS(=O)(=O)Nc1ccc(CO)cc1. The molecule has 0 saturated heterocycles. The Morgan fingerprint density at radius 1 is 1.35 bits per heavy atom. The molecule has 0 atom stereocenters. The van der Waals surface area contributed by atoms with Crippen LogP contribution in [-0.4, -0.2) is 32.4 Å². The molecule has 1 aromatic rings. The molecule has 0 fully saturated rings. The van der Waals surface area contributed by atoms with E-state index in [9.17, 15) is 13.2 Å². The highest BCUT2D eigenvalue weighted by Crippen LogP contribution is 2.11. The van der Waals surface area contributed by atoms with Crippen molar-refractivity contribution in [1.82, 2.24) is 0 Å². The predicted molar refractivity (Wildman–Crippen MR) is 61.8 cm³/mol. The van der Waals surface area contributed by atoms with Gasteiger partial charge in [-0.1, -0.05) is 12.1 Å². The van der Waals surface area contributed by atoms with Gasteiger partial charge in [0, 0.05) is 5.69 Å². The van der Waals surface area contributed by atoms with Crippen LogP contribution in [0.2, 0.25) is 0 Å². The Hall–Kier alpha value is -1.60. The fourth-order valence-electron chi connectivity index (χ4n) is 1.11. The van der Waals surface area contributed by atoms with Crippen LogP contribution in [0.25, 0.3) is 0 Å². The highest BCUT2D eigenvalue weighted by Gasteiger charge is 2.16. The van der Waals surface area contributed by atoms with Crippen LogP contribution in [-0.2, 0) is 26.2 Å². The summed E-state index contributed by atoms with van der Waals surface area (Å²) in [6, 6.07) is 6.16. The van der Waals surface area contributed by atoms with E-state index >= 15 is 0 Å². The van der Waals surface area contributed by atoms with Crippen LogP contribution in [0.1, 0.15) is 5.56 Å². The van der Waals surface area contributed by atoms with Crippen LogP contribution in [0, 0.1) is 0 Å². The maximum absolute atomic E-state index is 11.5. The van der Waals surface area contributed by atoms with Crippen LogP contribution in [0.5, 0.6) is 0 Å². The minimum atomic E-state index is -3.75. The first-order valence-electron chi connectivity index (χ1n) is 4.74. The Labute approximate surface area is 99.3 Å². The quantitative estimate of drug-likeness (QED) is 0.731. The molecule has 0 aliphatic heterocycles. The molecule has 94 valence electrons. The van der Waals surface area contributed by atoms with Gasteiger partial charge in [0.2, 0.25) is 10.0 Å². The topological polar surface area (TPSA) is 92.7 Å². The summed E-state index contributed by atoms with van der Waals surface area (Å²) in [5.41, 5.74) is 0.993. The van der Waals surface area contributed by atoms with Crippen molar-refractivity contribution in [3.05, 3.63) is 29.8 Å². The molecule has 17 heavy (non-hydrogen) atoms. The lowest BCUT2D eigenvalue weighted by Gasteiger charge is -2.07. The van der Waals surface area contributed by atoms with Crippen LogP contribution < -0.4 is 4.72 Å². The lowest BCUT2D eigenvalue weighted by atomic mass is 10.2. The number of carbonyl (C=O) groups excluding carboxylic acids is 1. The third-order valence-corrected chi connectivity index (χ3v) is 3.11. The molecule has 0 saturated carbocycles. The summed E-state index contributed by atoms with van der Waals surface area (Å²) in [6.45, 7) is -0.116. The second kappa shape index (κ2) is 5.65. The van der Waals surface area contributed by atoms with Gasteiger partial charge in [0.05, 0.1) is 13.7 Å². The summed E-state index contributed by atoms with van der Waals surface area (Å²) >= 11 is 0. The lowest BCUT2D eigenvalue weighted by Crippen LogP contribution is -2.23. The Bertz CT molecular complexity index is 480. The number of ether oxygens (including phenoxy) is 1. The number of aliphatic hydroxyl groups is 1. The van der Waals surface area contributed by atoms with Crippen LogP contribution in [0.4, 0.5) is 5.69 Å². The van der Waals surface area contributed by atoms with E-state index in [0.29, 0.717) is 11.3 Å². The van der Waals surface area contributed by atoms with Crippen molar-refractivity contribution in [3.63, 3.8) is 0 Å². The number of rotatable bonds is 5. The Morgan fingerprint density at radius 2 is 1.94 bits per heavy atom. The molecule has 0 aliphatic rings. The van der Waals surface area contributed by atoms with Crippen molar-refractivity contribution >= 4 is 21.7 Å². The molecule has 0 heterocycles. The summed E-state index contributed by atoms with van der Waals surface area (Å²) < 4.78 is 29.4. The average molecular weight is 259 g/mol. The van der Waals surface area contributed by atoms with Crippen LogP contribution in [0.15, 0.2) is 24.3 Å². The van der Waals surface area contributed by atoms with E-state index in [4.69, 9.17) is 5.11 Å². The number of benzene rings is 1. The van der Waals surface area contributed by atoms with E-state index in [1.807, 2.05) is 0 Å². The van der Waals surface area contributed by atoms with E-state index in [0.717, 1.165) is 7.11 Å². The fraction of sp³-hybridized carbons (Fsp3) is 0.300. The van der Waals surface area contributed by atoms with Crippen LogP contribution in [0.3, 0.4) is 0 Å². The fourth-order valence-corrected chi connectivity index (χ4v) is 2.10. The average Bonchev–Trinajstić information content (AvgIpc) is 2.28. The zero-order valence-corrected chi connectivity index (χ0v) is 10.0. The molecule has 0 unspecified atom stereocenters. The van der Waals surface area contributed by atoms with Gasteiger partial charge in [0.15, 0.2) is 5.75 Å². The normalized spacial score (nSPS) is 10.9. The van der Waals surface area contributed by atoms with Crippen molar-refractivity contribution in [2.75, 3.05) is 17.6 Å². The molecule has 0 aromatic heterocycles. The number of sulfonamides is 1. The zero-order chi connectivity index (χ0) is 12.9. The van der Waals surface area contributed by atoms with Crippen molar-refractivity contribution in [2.45, 2.75) is 6.61 Å². The zero-order valence-electron chi connectivity index (χ0n) is 9.21. The van der Waals surface area contributed by atoms with Gasteiger partial charge in [-0.05, 0) is 17.7 Å². The minimum Gasteiger partial charge on any atom is -0.468 e. The summed E-state index contributed by atoms with van der Waals surface area (Å²) in [6.07, 6.45) is 0. The number of aliphatic hydroxyl groups excluding tert-OH is 1. The molecule has 6 nitrogen and oxygen atoms in total. The number of nitrogens with one attached hydrogen (secondary N) is 1. The number of hydrogen-bond donors (Lipinski definition) is 2. The first-order chi connectivity index (χ1) is 7.96. The lowest BCUT2D eigenvalue weighted by molar-refractivity contribution is -0.137. The maximum Gasteiger partial charge on any atom is 0.322 e. The molecular weight excluding hydrogens is 246 g/mol. The highest BCUT2D eigenvalue weighted by atomic mass is 32.2. The summed E-state index contributed by atoms with van der Waals surface area (Å²) in [5.74, 6) is -1.56. The molecule has 0 radical (unpaired) electrons. The number of methoxy groups -OCH3 is 1. The van der Waals surface area contributed by atoms with Crippen LogP contribution >= 0.6 is 0 Å². The van der Waals surface area contributed by atoms with Crippen molar-refractivity contribution in [1.29, 1.82) is 0 Å². The van der Waals surface area contributed by atoms with Crippen molar-refractivity contribution in [2.24, 2.45) is 0 Å². The number of anilines is 1. The van der Waals surface area contributed by atoms with Gasteiger partial charge in [-0.15, -0.1) is 0 Å². The number of hydrogen-bond acceptors (Lipinski definition) is 5. The monoisotopic (exact) mass is 259 g/mol. The summed E-state index contributed by atoms with van der Waals surface area (Å²) in [5, 5.41) is 8.81. The Kier molecular flexibility index (Phi) is 4.47. The molecule has 0 bridgehead atoms. The van der Waals surface area contributed by atoms with E-state index in [1.165, 1.54) is 12.1 Å². The molecule has 1 rings (SSSR count). The number of esters is 1. The number of carbonyl (C=O) groups is 1. The first kappa shape index (κ1) is 13.5. The molecule has 0 aliphatic carbocycles. The molecule has 2 N–H and O–H groups in total. The van der Waals surface area contributed by atoms with E-state index in [-0.39, 0.29) is 6.61 Å². The molecule has 0 spiro atoms. The van der Waals surface area contributed by atoms with Gasteiger partial charge < -0.3 is 9.84 Å². The Balaban J connectivity index is 2.72. The molecule has 1 aromatic carbocycles. The van der Waals surface area contributed by atoms with Crippen molar-refractivity contribution < 1.29 is 23.1 Å². The van der Waals surface area contributed by atoms with Gasteiger partial charge in [-0.2, -0.15) is 0 Å². The van der Waals surface area contributed by atoms with Gasteiger partial charge >= 0.3 is 5.97 Å². The van der Waals surface area contributed by atoms with E-state index in [2.05, 4.69) is 9.46 Å². The van der Waals surface area contributed by atoms with Gasteiger partial charge in [0.1, 0.15) is 0 Å². The van der Waals surface area contributed by atoms with Crippen molar-refractivity contribution in [3.8, 4) is 0 Å². The predicted octanol–water partition coefficient (Wildman–Crippen LogP) is 0.0936. The second-order valence-electron chi connectivity index (χ2n) is 3.29. The van der Waals surface area contributed by atoms with Gasteiger partial charge in [-0.25, -0.2) is 8.42 Å². The van der Waals surface area contributed by atoms with Gasteiger partial charge in [0.25, 0.3) is 0 Å². The van der Waals surface area contributed by atoms with E-state index < -0.39 is 21.7 Å². The highest BCUT2D eigenvalue weighted by molar-refractivity contribution is 7.93. The van der Waals surface area contributed by atoms with Gasteiger partial charge in [-0.3, -0.25) is 9.52 Å². The standard InChI is InChI=1S/C10H13NO5S/c1-16-10(13)7-17(14,15)11-9-4-2-8(6-12)3-5-9/h2-5,11-12H,6-7H2,1H3. The Morgan fingerprint density at radius 3 is 2.41 bits per heavy atom. The smallest absolute Gasteiger partial charge is 0.322 e. The molecular formula is C10H13NO5S. The summed E-state index contributed by atoms with van der Waals surface area (Å²) in [4.78, 5) is 10.8. The van der Waals surface area contributed by atoms with E-state index in [1.54, 1.807) is 12.1 Å².